The molecule has 0 saturated heterocycles. The van der Waals surface area contributed by atoms with E-state index in [2.05, 4.69) is 15.6 Å². The Morgan fingerprint density at radius 1 is 0.681 bits per heavy atom. The molecule has 0 aromatic heterocycles. The van der Waals surface area contributed by atoms with E-state index in [1.807, 2.05) is 54.6 Å². The number of carbonyl (C=O) groups excluding carboxylic acids is 2. The Hall–Kier alpha value is -5.80. The number of benzene rings is 5. The molecule has 5 aromatic carbocycles. The zero-order valence-electron chi connectivity index (χ0n) is 25.4. The number of hydrogen-bond donors (Lipinski definition) is 4. The second-order valence-corrected chi connectivity index (χ2v) is 11.0. The minimum absolute atomic E-state index is 0.0405. The summed E-state index contributed by atoms with van der Waals surface area (Å²) in [7, 11) is 0. The number of nitrogens with one attached hydrogen (secondary N) is 2. The van der Waals surface area contributed by atoms with Crippen molar-refractivity contribution in [2.24, 2.45) is 16.5 Å². The topological polar surface area (TPSA) is 141 Å². The van der Waals surface area contributed by atoms with Gasteiger partial charge in [-0.05, 0) is 82.9 Å². The normalized spacial score (nSPS) is 11.2. The van der Waals surface area contributed by atoms with Gasteiger partial charge in [-0.25, -0.2) is 4.99 Å². The number of nitrogens with zero attached hydrogens (tertiary/aromatic N) is 1. The number of ether oxygens (including phenoxy) is 2. The summed E-state index contributed by atoms with van der Waals surface area (Å²) in [6.07, 6.45) is 0. The molecule has 0 aliphatic heterocycles. The van der Waals surface area contributed by atoms with Crippen molar-refractivity contribution in [1.82, 2.24) is 10.6 Å². The summed E-state index contributed by atoms with van der Waals surface area (Å²) in [5.41, 5.74) is 15.3. The van der Waals surface area contributed by atoms with Crippen molar-refractivity contribution >= 4 is 35.1 Å². The second kappa shape index (κ2) is 16.0. The summed E-state index contributed by atoms with van der Waals surface area (Å²) in [6.45, 7) is 0.987. The zero-order valence-corrected chi connectivity index (χ0v) is 26.2. The predicted octanol–water partition coefficient (Wildman–Crippen LogP) is 6.19. The average molecular weight is 648 g/mol. The van der Waals surface area contributed by atoms with Crippen LogP contribution in [0.3, 0.4) is 0 Å². The second-order valence-electron chi connectivity index (χ2n) is 10.6. The third-order valence-electron chi connectivity index (χ3n) is 7.10. The van der Waals surface area contributed by atoms with Crippen LogP contribution in [-0.2, 0) is 24.6 Å². The molecule has 0 unspecified atom stereocenters. The van der Waals surface area contributed by atoms with E-state index in [-0.39, 0.29) is 18.4 Å². The number of aliphatic imine (C=N–C) groups is 1. The van der Waals surface area contributed by atoms with Gasteiger partial charge in [-0.2, -0.15) is 0 Å². The number of hydrogen-bond acceptors (Lipinski definition) is 5. The van der Waals surface area contributed by atoms with Crippen molar-refractivity contribution in [2.45, 2.75) is 25.8 Å². The quantitative estimate of drug-likeness (QED) is 0.0887. The molecule has 5 rings (SSSR count). The van der Waals surface area contributed by atoms with Crippen LogP contribution in [0.5, 0.6) is 11.5 Å². The molecule has 5 aromatic rings. The van der Waals surface area contributed by atoms with Crippen LogP contribution in [0.25, 0.3) is 0 Å². The highest BCUT2D eigenvalue weighted by atomic mass is 35.5. The van der Waals surface area contributed by atoms with Gasteiger partial charge in [-0.15, -0.1) is 0 Å². The van der Waals surface area contributed by atoms with E-state index in [1.54, 1.807) is 72.8 Å². The van der Waals surface area contributed by atoms with Crippen molar-refractivity contribution in [3.05, 3.63) is 160 Å². The minimum atomic E-state index is -0.979. The number of amides is 2. The van der Waals surface area contributed by atoms with Gasteiger partial charge in [0.25, 0.3) is 5.91 Å². The van der Waals surface area contributed by atoms with E-state index >= 15 is 0 Å². The van der Waals surface area contributed by atoms with E-state index in [0.717, 1.165) is 16.7 Å². The first kappa shape index (κ1) is 32.6. The van der Waals surface area contributed by atoms with Crippen LogP contribution in [0.1, 0.15) is 38.7 Å². The predicted molar refractivity (Wildman–Crippen MR) is 183 cm³/mol. The summed E-state index contributed by atoms with van der Waals surface area (Å²) >= 11 is 5.96. The van der Waals surface area contributed by atoms with Gasteiger partial charge in [0.15, 0.2) is 5.96 Å². The largest absolute Gasteiger partial charge is 0.489 e. The Morgan fingerprint density at radius 3 is 1.83 bits per heavy atom. The van der Waals surface area contributed by atoms with Crippen LogP contribution < -0.4 is 31.6 Å². The molecule has 0 saturated carbocycles. The molecule has 1 atom stereocenters. The third kappa shape index (κ3) is 9.84. The van der Waals surface area contributed by atoms with E-state index in [4.69, 9.17) is 32.5 Å². The zero-order chi connectivity index (χ0) is 33.0. The Balaban J connectivity index is 1.26. The molecule has 0 aliphatic rings. The summed E-state index contributed by atoms with van der Waals surface area (Å²) in [5, 5.41) is 6.46. The first-order valence-corrected chi connectivity index (χ1v) is 15.2. The average Bonchev–Trinajstić information content (AvgIpc) is 3.09. The van der Waals surface area contributed by atoms with Crippen molar-refractivity contribution in [3.8, 4) is 11.5 Å². The van der Waals surface area contributed by atoms with Crippen LogP contribution >= 0.6 is 11.6 Å². The van der Waals surface area contributed by atoms with Crippen molar-refractivity contribution < 1.29 is 19.1 Å². The van der Waals surface area contributed by atoms with E-state index < -0.39 is 11.9 Å². The molecule has 0 heterocycles. The number of rotatable bonds is 13. The number of guanidine groups is 1. The maximum atomic E-state index is 13.5. The SMILES string of the molecule is NC(N)=Nc1ccc(CNC(=O)[C@@H](NC(=O)c2ccc(OCc3ccc(Cl)cc3)cc2)c2ccc(OCc3ccccc3)cc2)cc1. The smallest absolute Gasteiger partial charge is 0.252 e. The van der Waals surface area contributed by atoms with Gasteiger partial charge in [0.05, 0.1) is 5.69 Å². The van der Waals surface area contributed by atoms with E-state index in [9.17, 15) is 9.59 Å². The fourth-order valence-electron chi connectivity index (χ4n) is 4.59. The highest BCUT2D eigenvalue weighted by Gasteiger charge is 2.23. The molecule has 0 aliphatic carbocycles. The first-order valence-electron chi connectivity index (χ1n) is 14.8. The number of nitrogens with two attached hydrogens (primary N) is 2. The molecule has 0 fully saturated rings. The van der Waals surface area contributed by atoms with Crippen LogP contribution in [0.15, 0.2) is 132 Å². The Morgan fingerprint density at radius 2 is 1.23 bits per heavy atom. The highest BCUT2D eigenvalue weighted by molar-refractivity contribution is 6.30. The molecule has 2 amide bonds. The summed E-state index contributed by atoms with van der Waals surface area (Å²) < 4.78 is 11.8. The fourth-order valence-corrected chi connectivity index (χ4v) is 4.72. The van der Waals surface area contributed by atoms with Crippen LogP contribution in [0, 0.1) is 0 Å². The van der Waals surface area contributed by atoms with Gasteiger partial charge in [0.2, 0.25) is 5.91 Å². The van der Waals surface area contributed by atoms with Crippen LogP contribution in [-0.4, -0.2) is 17.8 Å². The lowest BCUT2D eigenvalue weighted by atomic mass is 10.0. The molecule has 10 heteroatoms. The molecular formula is C37H34ClN5O4. The number of carbonyl (C=O) groups is 2. The van der Waals surface area contributed by atoms with Crippen molar-refractivity contribution in [2.75, 3.05) is 0 Å². The standard InChI is InChI=1S/C37H34ClN5O4/c38-30-14-6-27(7-15-30)24-47-33-20-12-29(13-21-33)35(44)43-34(36(45)41-22-25-8-16-31(17-9-25)42-37(39)40)28-10-18-32(19-11-28)46-23-26-4-2-1-3-5-26/h1-21,34H,22-24H2,(H,41,45)(H,43,44)(H4,39,40,42)/t34-/m0/s1. The molecular weight excluding hydrogens is 614 g/mol. The molecule has 6 N–H and O–H groups in total. The Labute approximate surface area is 278 Å². The van der Waals surface area contributed by atoms with Gasteiger partial charge >= 0.3 is 0 Å². The van der Waals surface area contributed by atoms with Gasteiger partial charge in [0.1, 0.15) is 30.8 Å². The van der Waals surface area contributed by atoms with Gasteiger partial charge < -0.3 is 31.6 Å². The van der Waals surface area contributed by atoms with Crippen molar-refractivity contribution in [3.63, 3.8) is 0 Å². The molecule has 0 spiro atoms. The maximum absolute atomic E-state index is 13.5. The fraction of sp³-hybridized carbons (Fsp3) is 0.108. The first-order chi connectivity index (χ1) is 22.8. The minimum Gasteiger partial charge on any atom is -0.489 e. The Bertz CT molecular complexity index is 1790. The van der Waals surface area contributed by atoms with E-state index in [1.165, 1.54) is 0 Å². The molecule has 47 heavy (non-hydrogen) atoms. The Kier molecular flexibility index (Phi) is 11.1. The van der Waals surface area contributed by atoms with E-state index in [0.29, 0.717) is 46.5 Å². The number of halogens is 1. The van der Waals surface area contributed by atoms with Crippen LogP contribution in [0.4, 0.5) is 5.69 Å². The highest BCUT2D eigenvalue weighted by Crippen LogP contribution is 2.22. The van der Waals surface area contributed by atoms with Gasteiger partial charge in [-0.3, -0.25) is 9.59 Å². The maximum Gasteiger partial charge on any atom is 0.252 e. The monoisotopic (exact) mass is 647 g/mol. The lowest BCUT2D eigenvalue weighted by Crippen LogP contribution is -2.40. The molecule has 0 radical (unpaired) electrons. The van der Waals surface area contributed by atoms with Crippen molar-refractivity contribution in [1.29, 1.82) is 0 Å². The molecule has 0 bridgehead atoms. The summed E-state index contributed by atoms with van der Waals surface area (Å²) in [4.78, 5) is 30.9. The lowest BCUT2D eigenvalue weighted by molar-refractivity contribution is -0.123. The molecule has 9 nitrogen and oxygen atoms in total. The molecule has 238 valence electrons. The van der Waals surface area contributed by atoms with Gasteiger partial charge in [-0.1, -0.05) is 78.3 Å². The summed E-state index contributed by atoms with van der Waals surface area (Å²) in [5.74, 6) is 0.398. The summed E-state index contributed by atoms with van der Waals surface area (Å²) in [6, 6.07) is 37.2. The third-order valence-corrected chi connectivity index (χ3v) is 7.35. The van der Waals surface area contributed by atoms with Gasteiger partial charge in [0, 0.05) is 17.1 Å². The van der Waals surface area contributed by atoms with Crippen LogP contribution in [0.2, 0.25) is 5.02 Å². The lowest BCUT2D eigenvalue weighted by Gasteiger charge is -2.20.